The van der Waals surface area contributed by atoms with Crippen LogP contribution in [0.15, 0.2) is 0 Å². The van der Waals surface area contributed by atoms with E-state index in [2.05, 4.69) is 25.3 Å². The van der Waals surface area contributed by atoms with Crippen molar-refractivity contribution in [1.82, 2.24) is 0 Å². The van der Waals surface area contributed by atoms with Gasteiger partial charge in [0.15, 0.2) is 0 Å². The van der Waals surface area contributed by atoms with Crippen molar-refractivity contribution in [3.63, 3.8) is 0 Å². The summed E-state index contributed by atoms with van der Waals surface area (Å²) in [5, 5.41) is 0. The highest BCUT2D eigenvalue weighted by atomic mass is 32.1. The molecule has 0 aromatic heterocycles. The molecule has 0 saturated heterocycles. The Bertz CT molecular complexity index is 53.7. The van der Waals surface area contributed by atoms with Gasteiger partial charge in [-0.3, -0.25) is 0 Å². The highest BCUT2D eigenvalue weighted by Gasteiger charge is 1.86. The second-order valence-electron chi connectivity index (χ2n) is 1.65. The van der Waals surface area contributed by atoms with Gasteiger partial charge in [-0.1, -0.05) is 12.6 Å². The molecule has 0 atom stereocenters. The summed E-state index contributed by atoms with van der Waals surface area (Å²) in [4.78, 5) is 0. The number of rotatable bonds is 7. The summed E-state index contributed by atoms with van der Waals surface area (Å²) in [6, 6.07) is 0. The van der Waals surface area contributed by atoms with E-state index in [1.165, 1.54) is 0 Å². The molecule has 0 N–H and O–H groups in total. The Morgan fingerprint density at radius 3 is 2.10 bits per heavy atom. The Hall–Kier alpha value is 0.620. The maximum Gasteiger partial charge on any atom is 0.0700 e. The van der Waals surface area contributed by atoms with Gasteiger partial charge in [-0.2, -0.15) is 12.6 Å². The zero-order chi connectivity index (χ0) is 7.66. The monoisotopic (exact) mass is 181 g/mol. The largest absolute Gasteiger partial charge is 0.378 e. The van der Waals surface area contributed by atoms with Gasteiger partial charge < -0.3 is 9.47 Å². The molecule has 0 rings (SSSR count). The third-order valence-corrected chi connectivity index (χ3v) is 1.18. The highest BCUT2D eigenvalue weighted by molar-refractivity contribution is 7.80. The minimum absolute atomic E-state index is 0.643. The molecule has 1 radical (unpaired) electrons. The fourth-order valence-corrected chi connectivity index (χ4v) is 0.692. The highest BCUT2D eigenvalue weighted by Crippen LogP contribution is 1.81. The predicted molar refractivity (Wildman–Crippen MR) is 47.9 cm³/mol. The summed E-state index contributed by atoms with van der Waals surface area (Å²) in [5.41, 5.74) is 0. The van der Waals surface area contributed by atoms with Crippen LogP contribution in [0.25, 0.3) is 0 Å². The third-order valence-electron chi connectivity index (χ3n) is 0.835. The molecule has 0 bridgehead atoms. The average Bonchev–Trinajstić information content (AvgIpc) is 1.97. The van der Waals surface area contributed by atoms with Gasteiger partial charge in [-0.25, -0.2) is 0 Å². The van der Waals surface area contributed by atoms with E-state index in [9.17, 15) is 0 Å². The molecule has 61 valence electrons. The number of hydrogen-bond acceptors (Lipinski definition) is 3. The average molecular weight is 181 g/mol. The summed E-state index contributed by atoms with van der Waals surface area (Å²) in [6.45, 7) is 2.64. The maximum absolute atomic E-state index is 5.09. The summed E-state index contributed by atoms with van der Waals surface area (Å²) in [7, 11) is 0. The molecule has 4 heteroatoms. The van der Waals surface area contributed by atoms with Crippen molar-refractivity contribution in [2.24, 2.45) is 0 Å². The zero-order valence-electron chi connectivity index (χ0n) is 5.91. The van der Waals surface area contributed by atoms with Gasteiger partial charge in [-0.05, 0) is 0 Å². The third kappa shape index (κ3) is 8.62. The van der Waals surface area contributed by atoms with Crippen LogP contribution in [0.1, 0.15) is 0 Å². The van der Waals surface area contributed by atoms with Crippen LogP contribution in [-0.2, 0) is 9.47 Å². The summed E-state index contributed by atoms with van der Waals surface area (Å²) in [5.74, 6) is 1.42. The lowest BCUT2D eigenvalue weighted by molar-refractivity contribution is 0.0606. The van der Waals surface area contributed by atoms with Crippen LogP contribution >= 0.6 is 25.3 Å². The summed E-state index contributed by atoms with van der Waals surface area (Å²) >= 11 is 8.66. The number of ether oxygens (including phenoxy) is 2. The van der Waals surface area contributed by atoms with E-state index >= 15 is 0 Å². The van der Waals surface area contributed by atoms with E-state index in [1.807, 2.05) is 0 Å². The van der Waals surface area contributed by atoms with E-state index in [4.69, 9.17) is 9.47 Å². The first-order chi connectivity index (χ1) is 4.91. The lowest BCUT2D eigenvalue weighted by Gasteiger charge is -2.01. The van der Waals surface area contributed by atoms with Crippen molar-refractivity contribution in [2.75, 3.05) is 37.9 Å². The fourth-order valence-electron chi connectivity index (χ4n) is 0.445. The first-order valence-electron chi connectivity index (χ1n) is 3.26. The predicted octanol–water partition coefficient (Wildman–Crippen LogP) is 1.15. The quantitative estimate of drug-likeness (QED) is 0.469. The molecular formula is C6H13O2S2. The molecule has 0 amide bonds. The van der Waals surface area contributed by atoms with Crippen molar-refractivity contribution < 1.29 is 9.47 Å². The Morgan fingerprint density at radius 2 is 1.60 bits per heavy atom. The van der Waals surface area contributed by atoms with Crippen LogP contribution in [0.2, 0.25) is 0 Å². The Labute approximate surface area is 73.1 Å². The van der Waals surface area contributed by atoms with Gasteiger partial charge in [0.05, 0.1) is 26.4 Å². The van der Waals surface area contributed by atoms with Gasteiger partial charge in [0.1, 0.15) is 0 Å². The summed E-state index contributed by atoms with van der Waals surface area (Å²) < 4.78 is 10.2. The smallest absolute Gasteiger partial charge is 0.0700 e. The molecule has 0 aromatic rings. The molecule has 0 unspecified atom stereocenters. The van der Waals surface area contributed by atoms with Crippen molar-refractivity contribution in [3.05, 3.63) is 0 Å². The number of thiol groups is 1. The van der Waals surface area contributed by atoms with Crippen molar-refractivity contribution in [2.45, 2.75) is 0 Å². The van der Waals surface area contributed by atoms with Gasteiger partial charge >= 0.3 is 0 Å². The van der Waals surface area contributed by atoms with Crippen LogP contribution in [0, 0.1) is 0 Å². The van der Waals surface area contributed by atoms with E-state index in [0.717, 1.165) is 5.75 Å². The Morgan fingerprint density at radius 1 is 1.00 bits per heavy atom. The van der Waals surface area contributed by atoms with E-state index in [-0.39, 0.29) is 0 Å². The van der Waals surface area contributed by atoms with Gasteiger partial charge in [-0.15, -0.1) is 0 Å². The molecule has 10 heavy (non-hydrogen) atoms. The second-order valence-corrected chi connectivity index (χ2v) is 2.51. The molecule has 0 aliphatic carbocycles. The number of hydrogen-bond donors (Lipinski definition) is 1. The van der Waals surface area contributed by atoms with Gasteiger partial charge in [0.2, 0.25) is 0 Å². The first-order valence-corrected chi connectivity index (χ1v) is 4.47. The minimum atomic E-state index is 0.643. The molecule has 0 saturated carbocycles. The van der Waals surface area contributed by atoms with Gasteiger partial charge in [0, 0.05) is 11.5 Å². The molecule has 0 heterocycles. The topological polar surface area (TPSA) is 18.5 Å². The van der Waals surface area contributed by atoms with Crippen LogP contribution in [-0.4, -0.2) is 37.9 Å². The Balaban J connectivity index is 2.65. The molecule has 0 aliphatic rings. The molecule has 0 spiro atoms. The lowest BCUT2D eigenvalue weighted by atomic mass is 10.7. The van der Waals surface area contributed by atoms with E-state index in [1.54, 1.807) is 0 Å². The van der Waals surface area contributed by atoms with Crippen LogP contribution in [0.5, 0.6) is 0 Å². The maximum atomic E-state index is 5.09. The molecule has 0 aliphatic heterocycles. The summed E-state index contributed by atoms with van der Waals surface area (Å²) in [6.07, 6.45) is 0. The van der Waals surface area contributed by atoms with Gasteiger partial charge in [0.25, 0.3) is 0 Å². The Kier molecular flexibility index (Phi) is 10.2. The van der Waals surface area contributed by atoms with E-state index < -0.39 is 0 Å². The van der Waals surface area contributed by atoms with Crippen molar-refractivity contribution in [1.29, 1.82) is 0 Å². The van der Waals surface area contributed by atoms with Crippen LogP contribution in [0.4, 0.5) is 0 Å². The first kappa shape index (κ1) is 10.6. The minimum Gasteiger partial charge on any atom is -0.378 e. The molecule has 2 nitrogen and oxygen atoms in total. The zero-order valence-corrected chi connectivity index (χ0v) is 7.63. The SMILES string of the molecule is [S]CCOCCOCCS. The molecule has 0 aromatic carbocycles. The van der Waals surface area contributed by atoms with Crippen LogP contribution in [0.3, 0.4) is 0 Å². The molecular weight excluding hydrogens is 168 g/mol. The lowest BCUT2D eigenvalue weighted by Crippen LogP contribution is -2.07. The van der Waals surface area contributed by atoms with Crippen LogP contribution < -0.4 is 0 Å². The molecule has 0 fully saturated rings. The van der Waals surface area contributed by atoms with Crippen molar-refractivity contribution in [3.8, 4) is 0 Å². The van der Waals surface area contributed by atoms with E-state index in [0.29, 0.717) is 32.2 Å². The standard InChI is InChI=1S/C6H13O2S2/c9-5-3-7-1-2-8-4-6-10/h9H,1-6H2. The fraction of sp³-hybridized carbons (Fsp3) is 1.00. The second kappa shape index (κ2) is 9.62. The normalized spacial score (nSPS) is 10.2. The van der Waals surface area contributed by atoms with Crippen molar-refractivity contribution >= 4 is 25.3 Å².